The number of aliphatic hydroxyl groups excluding tert-OH is 1. The van der Waals surface area contributed by atoms with Gasteiger partial charge in [-0.1, -0.05) is 40.2 Å². The molecular formula is C16H17BrO. The van der Waals surface area contributed by atoms with Crippen LogP contribution in [0, 0.1) is 20.8 Å². The van der Waals surface area contributed by atoms with Crippen LogP contribution in [-0.2, 0) is 0 Å². The largest absolute Gasteiger partial charge is 0.384 e. The van der Waals surface area contributed by atoms with Crippen LogP contribution in [0.5, 0.6) is 0 Å². The molecule has 18 heavy (non-hydrogen) atoms. The van der Waals surface area contributed by atoms with Gasteiger partial charge in [0.25, 0.3) is 0 Å². The first-order valence-electron chi connectivity index (χ1n) is 6.00. The molecule has 1 N–H and O–H groups in total. The van der Waals surface area contributed by atoms with Gasteiger partial charge in [-0.05, 0) is 60.7 Å². The standard InChI is InChI=1S/C16H17BrO/c1-10-8-12(3)15(9-11(10)2)16(18)13-4-6-14(17)7-5-13/h4-9,16,18H,1-3H3/t16-/m1/s1. The van der Waals surface area contributed by atoms with Crippen LogP contribution in [-0.4, -0.2) is 5.11 Å². The molecule has 2 rings (SSSR count). The fourth-order valence-corrected chi connectivity index (χ4v) is 2.37. The highest BCUT2D eigenvalue weighted by Crippen LogP contribution is 2.27. The molecule has 0 radical (unpaired) electrons. The van der Waals surface area contributed by atoms with Crippen molar-refractivity contribution in [3.63, 3.8) is 0 Å². The summed E-state index contributed by atoms with van der Waals surface area (Å²) >= 11 is 3.40. The smallest absolute Gasteiger partial charge is 0.104 e. The summed E-state index contributed by atoms with van der Waals surface area (Å²) in [6, 6.07) is 12.0. The van der Waals surface area contributed by atoms with Crippen LogP contribution in [0.1, 0.15) is 33.9 Å². The van der Waals surface area contributed by atoms with Gasteiger partial charge in [-0.15, -0.1) is 0 Å². The molecule has 0 aliphatic heterocycles. The van der Waals surface area contributed by atoms with E-state index < -0.39 is 6.10 Å². The van der Waals surface area contributed by atoms with Crippen LogP contribution in [0.15, 0.2) is 40.9 Å². The lowest BCUT2D eigenvalue weighted by molar-refractivity contribution is 0.219. The van der Waals surface area contributed by atoms with Crippen LogP contribution in [0.4, 0.5) is 0 Å². The van der Waals surface area contributed by atoms with Gasteiger partial charge in [0, 0.05) is 4.47 Å². The number of hydrogen-bond donors (Lipinski definition) is 1. The number of rotatable bonds is 2. The Morgan fingerprint density at radius 2 is 1.44 bits per heavy atom. The van der Waals surface area contributed by atoms with E-state index in [1.165, 1.54) is 11.1 Å². The molecule has 0 fully saturated rings. The van der Waals surface area contributed by atoms with Gasteiger partial charge in [-0.25, -0.2) is 0 Å². The Morgan fingerprint density at radius 3 is 2.06 bits per heavy atom. The Hall–Kier alpha value is -1.12. The molecule has 0 aliphatic carbocycles. The monoisotopic (exact) mass is 304 g/mol. The summed E-state index contributed by atoms with van der Waals surface area (Å²) in [5, 5.41) is 10.5. The molecule has 2 aromatic rings. The minimum Gasteiger partial charge on any atom is -0.384 e. The molecule has 2 aromatic carbocycles. The normalized spacial score (nSPS) is 12.5. The van der Waals surface area contributed by atoms with Crippen molar-refractivity contribution in [1.82, 2.24) is 0 Å². The SMILES string of the molecule is Cc1cc(C)c([C@H](O)c2ccc(Br)cc2)cc1C. The molecule has 0 aromatic heterocycles. The highest BCUT2D eigenvalue weighted by molar-refractivity contribution is 9.10. The third-order valence-corrected chi connectivity index (χ3v) is 3.89. The lowest BCUT2D eigenvalue weighted by atomic mass is 9.94. The van der Waals surface area contributed by atoms with Crippen LogP contribution < -0.4 is 0 Å². The van der Waals surface area contributed by atoms with E-state index in [-0.39, 0.29) is 0 Å². The molecule has 0 spiro atoms. The van der Waals surface area contributed by atoms with E-state index in [1.54, 1.807) is 0 Å². The number of hydrogen-bond acceptors (Lipinski definition) is 1. The number of aliphatic hydroxyl groups is 1. The van der Waals surface area contributed by atoms with Gasteiger partial charge >= 0.3 is 0 Å². The second-order valence-corrected chi connectivity index (χ2v) is 5.66. The minimum atomic E-state index is -0.558. The Bertz CT molecular complexity index is 558. The molecular weight excluding hydrogens is 288 g/mol. The van der Waals surface area contributed by atoms with Gasteiger partial charge in [0.1, 0.15) is 6.10 Å². The average Bonchev–Trinajstić information content (AvgIpc) is 2.34. The van der Waals surface area contributed by atoms with Crippen molar-refractivity contribution in [3.8, 4) is 0 Å². The Morgan fingerprint density at radius 1 is 0.889 bits per heavy atom. The van der Waals surface area contributed by atoms with Gasteiger partial charge in [0.05, 0.1) is 0 Å². The fourth-order valence-electron chi connectivity index (χ4n) is 2.10. The maximum Gasteiger partial charge on any atom is 0.104 e. The summed E-state index contributed by atoms with van der Waals surface area (Å²) in [5.74, 6) is 0. The number of halogens is 1. The van der Waals surface area contributed by atoms with Crippen molar-refractivity contribution in [3.05, 3.63) is 68.7 Å². The van der Waals surface area contributed by atoms with Crippen molar-refractivity contribution in [1.29, 1.82) is 0 Å². The van der Waals surface area contributed by atoms with Crippen molar-refractivity contribution < 1.29 is 5.11 Å². The summed E-state index contributed by atoms with van der Waals surface area (Å²) in [5.41, 5.74) is 5.52. The maximum atomic E-state index is 10.5. The molecule has 94 valence electrons. The second kappa shape index (κ2) is 5.25. The minimum absolute atomic E-state index is 0.558. The average molecular weight is 305 g/mol. The summed E-state index contributed by atoms with van der Waals surface area (Å²) < 4.78 is 1.02. The van der Waals surface area contributed by atoms with E-state index >= 15 is 0 Å². The summed E-state index contributed by atoms with van der Waals surface area (Å²) in [6.07, 6.45) is -0.558. The molecule has 0 bridgehead atoms. The molecule has 0 saturated carbocycles. The zero-order valence-corrected chi connectivity index (χ0v) is 12.5. The molecule has 0 saturated heterocycles. The van der Waals surface area contributed by atoms with Crippen LogP contribution in [0.2, 0.25) is 0 Å². The lowest BCUT2D eigenvalue weighted by Gasteiger charge is -2.16. The lowest BCUT2D eigenvalue weighted by Crippen LogP contribution is -2.03. The molecule has 1 atom stereocenters. The van der Waals surface area contributed by atoms with Gasteiger partial charge < -0.3 is 5.11 Å². The molecule has 0 unspecified atom stereocenters. The number of aryl methyl sites for hydroxylation is 3. The van der Waals surface area contributed by atoms with E-state index in [2.05, 4.69) is 41.9 Å². The highest BCUT2D eigenvalue weighted by Gasteiger charge is 2.13. The first-order chi connectivity index (χ1) is 8.49. The molecule has 1 nitrogen and oxygen atoms in total. The van der Waals surface area contributed by atoms with Crippen LogP contribution in [0.25, 0.3) is 0 Å². The Labute approximate surface area is 117 Å². The van der Waals surface area contributed by atoms with Crippen molar-refractivity contribution in [2.24, 2.45) is 0 Å². The first-order valence-corrected chi connectivity index (χ1v) is 6.79. The van der Waals surface area contributed by atoms with Crippen molar-refractivity contribution in [2.45, 2.75) is 26.9 Å². The topological polar surface area (TPSA) is 20.2 Å². The third kappa shape index (κ3) is 2.65. The fraction of sp³-hybridized carbons (Fsp3) is 0.250. The first kappa shape index (κ1) is 13.3. The van der Waals surface area contributed by atoms with E-state index in [0.29, 0.717) is 0 Å². The van der Waals surface area contributed by atoms with E-state index in [1.807, 2.05) is 31.2 Å². The van der Waals surface area contributed by atoms with Gasteiger partial charge in [-0.2, -0.15) is 0 Å². The molecule has 0 heterocycles. The van der Waals surface area contributed by atoms with E-state index in [0.717, 1.165) is 21.2 Å². The second-order valence-electron chi connectivity index (χ2n) is 4.75. The number of benzene rings is 2. The van der Waals surface area contributed by atoms with Gasteiger partial charge in [0.15, 0.2) is 0 Å². The van der Waals surface area contributed by atoms with Gasteiger partial charge in [-0.3, -0.25) is 0 Å². The zero-order valence-electron chi connectivity index (χ0n) is 10.9. The van der Waals surface area contributed by atoms with E-state index in [4.69, 9.17) is 0 Å². The predicted octanol–water partition coefficient (Wildman–Crippen LogP) is 4.46. The predicted molar refractivity (Wildman–Crippen MR) is 78.9 cm³/mol. The maximum absolute atomic E-state index is 10.5. The zero-order chi connectivity index (χ0) is 13.3. The summed E-state index contributed by atoms with van der Waals surface area (Å²) in [7, 11) is 0. The van der Waals surface area contributed by atoms with E-state index in [9.17, 15) is 5.11 Å². The van der Waals surface area contributed by atoms with Crippen LogP contribution in [0.3, 0.4) is 0 Å². The van der Waals surface area contributed by atoms with Gasteiger partial charge in [0.2, 0.25) is 0 Å². The molecule has 0 amide bonds. The van der Waals surface area contributed by atoms with Crippen molar-refractivity contribution >= 4 is 15.9 Å². The summed E-state index contributed by atoms with van der Waals surface area (Å²) in [4.78, 5) is 0. The van der Waals surface area contributed by atoms with Crippen molar-refractivity contribution in [2.75, 3.05) is 0 Å². The molecule has 2 heteroatoms. The quantitative estimate of drug-likeness (QED) is 0.868. The Kier molecular flexibility index (Phi) is 3.88. The Balaban J connectivity index is 2.42. The highest BCUT2D eigenvalue weighted by atomic mass is 79.9. The van der Waals surface area contributed by atoms with Crippen LogP contribution >= 0.6 is 15.9 Å². The third-order valence-electron chi connectivity index (χ3n) is 3.36. The summed E-state index contributed by atoms with van der Waals surface area (Å²) in [6.45, 7) is 6.22. The molecule has 0 aliphatic rings.